The number of rotatable bonds is 5. The molecule has 2 atom stereocenters. The molecular weight excluding hydrogens is 220 g/mol. The molecule has 96 valence electrons. The smallest absolute Gasteiger partial charge is 0.306 e. The van der Waals surface area contributed by atoms with Gasteiger partial charge in [0.2, 0.25) is 0 Å². The molecule has 0 amide bonds. The zero-order valence-corrected chi connectivity index (χ0v) is 10.5. The van der Waals surface area contributed by atoms with Crippen molar-refractivity contribution in [3.05, 3.63) is 0 Å². The molecule has 0 radical (unpaired) electrons. The van der Waals surface area contributed by atoms with E-state index >= 15 is 0 Å². The first kappa shape index (κ1) is 13.9. The Bertz CT molecular complexity index is 311. The lowest BCUT2D eigenvalue weighted by atomic mass is 9.66. The number of hydrogen-bond acceptors (Lipinski definition) is 4. The summed E-state index contributed by atoms with van der Waals surface area (Å²) in [5.74, 6) is -0.0464. The van der Waals surface area contributed by atoms with Gasteiger partial charge < -0.3 is 9.53 Å². The second-order valence-electron chi connectivity index (χ2n) is 4.82. The van der Waals surface area contributed by atoms with Crippen molar-refractivity contribution in [2.75, 3.05) is 7.11 Å². The molecular formula is C13H20O4. The quantitative estimate of drug-likeness (QED) is 0.544. The average Bonchev–Trinajstić information content (AvgIpc) is 2.33. The first-order valence-corrected chi connectivity index (χ1v) is 6.11. The SMILES string of the molecule is CC[C@@]1(CC(=O)OC)CC[C@H](CC=O)CC1=O. The molecule has 0 N–H and O–H groups in total. The van der Waals surface area contributed by atoms with Gasteiger partial charge in [0.25, 0.3) is 0 Å². The molecule has 0 bridgehead atoms. The van der Waals surface area contributed by atoms with E-state index in [2.05, 4.69) is 4.74 Å². The zero-order chi connectivity index (χ0) is 12.9. The minimum absolute atomic E-state index is 0.114. The van der Waals surface area contributed by atoms with E-state index in [1.165, 1.54) is 7.11 Å². The minimum atomic E-state index is -0.549. The first-order chi connectivity index (χ1) is 8.07. The number of carbonyl (C=O) groups is 3. The van der Waals surface area contributed by atoms with E-state index in [0.717, 1.165) is 12.7 Å². The molecule has 4 nitrogen and oxygen atoms in total. The maximum absolute atomic E-state index is 12.2. The van der Waals surface area contributed by atoms with Crippen LogP contribution in [0.2, 0.25) is 0 Å². The fourth-order valence-electron chi connectivity index (χ4n) is 2.57. The van der Waals surface area contributed by atoms with E-state index in [4.69, 9.17) is 0 Å². The molecule has 0 spiro atoms. The van der Waals surface area contributed by atoms with Gasteiger partial charge >= 0.3 is 5.97 Å². The summed E-state index contributed by atoms with van der Waals surface area (Å²) in [7, 11) is 1.34. The Morgan fingerprint density at radius 1 is 1.59 bits per heavy atom. The summed E-state index contributed by atoms with van der Waals surface area (Å²) in [6.45, 7) is 1.93. The zero-order valence-electron chi connectivity index (χ0n) is 10.5. The number of aldehydes is 1. The van der Waals surface area contributed by atoms with E-state index in [1.54, 1.807) is 0 Å². The first-order valence-electron chi connectivity index (χ1n) is 6.11. The molecule has 0 saturated heterocycles. The molecule has 0 aromatic rings. The Labute approximate surface area is 102 Å². The summed E-state index contributed by atoms with van der Waals surface area (Å²) in [6, 6.07) is 0. The molecule has 1 rings (SSSR count). The van der Waals surface area contributed by atoms with Crippen LogP contribution >= 0.6 is 0 Å². The molecule has 1 saturated carbocycles. The van der Waals surface area contributed by atoms with E-state index in [-0.39, 0.29) is 24.1 Å². The lowest BCUT2D eigenvalue weighted by Gasteiger charge is -2.37. The van der Waals surface area contributed by atoms with Crippen LogP contribution in [0.4, 0.5) is 0 Å². The maximum Gasteiger partial charge on any atom is 0.306 e. The Balaban J connectivity index is 2.71. The summed E-state index contributed by atoms with van der Waals surface area (Å²) in [6.07, 6.45) is 4.11. The summed E-state index contributed by atoms with van der Waals surface area (Å²) < 4.78 is 4.66. The highest BCUT2D eigenvalue weighted by Gasteiger charge is 2.42. The van der Waals surface area contributed by atoms with Crippen LogP contribution in [0.3, 0.4) is 0 Å². The van der Waals surface area contributed by atoms with Gasteiger partial charge in [-0.25, -0.2) is 0 Å². The third-order valence-corrected chi connectivity index (χ3v) is 3.91. The van der Waals surface area contributed by atoms with Gasteiger partial charge in [-0.1, -0.05) is 6.92 Å². The van der Waals surface area contributed by atoms with Gasteiger partial charge in [0, 0.05) is 18.3 Å². The van der Waals surface area contributed by atoms with Crippen LogP contribution in [0, 0.1) is 11.3 Å². The molecule has 0 aliphatic heterocycles. The van der Waals surface area contributed by atoms with E-state index in [1.807, 2.05) is 6.92 Å². The summed E-state index contributed by atoms with van der Waals surface area (Å²) in [5, 5.41) is 0. The number of hydrogen-bond donors (Lipinski definition) is 0. The van der Waals surface area contributed by atoms with Crippen molar-refractivity contribution in [1.82, 2.24) is 0 Å². The van der Waals surface area contributed by atoms with Crippen molar-refractivity contribution >= 4 is 18.0 Å². The third kappa shape index (κ3) is 3.14. The number of carbonyl (C=O) groups excluding carboxylic acids is 3. The molecule has 0 aromatic heterocycles. The van der Waals surface area contributed by atoms with Crippen LogP contribution in [0.1, 0.15) is 45.4 Å². The minimum Gasteiger partial charge on any atom is -0.469 e. The highest BCUT2D eigenvalue weighted by molar-refractivity contribution is 5.89. The van der Waals surface area contributed by atoms with E-state index in [9.17, 15) is 14.4 Å². The lowest BCUT2D eigenvalue weighted by Crippen LogP contribution is -2.39. The van der Waals surface area contributed by atoms with Gasteiger partial charge in [0.1, 0.15) is 12.1 Å². The van der Waals surface area contributed by atoms with Gasteiger partial charge in [-0.2, -0.15) is 0 Å². The van der Waals surface area contributed by atoms with Crippen LogP contribution in [-0.2, 0) is 19.1 Å². The van der Waals surface area contributed by atoms with Gasteiger partial charge in [0.05, 0.1) is 13.5 Å². The molecule has 0 aromatic carbocycles. The number of esters is 1. The van der Waals surface area contributed by atoms with Crippen LogP contribution in [0.15, 0.2) is 0 Å². The van der Waals surface area contributed by atoms with Crippen molar-refractivity contribution < 1.29 is 19.1 Å². The van der Waals surface area contributed by atoms with Crippen molar-refractivity contribution in [1.29, 1.82) is 0 Å². The van der Waals surface area contributed by atoms with E-state index in [0.29, 0.717) is 25.7 Å². The lowest BCUT2D eigenvalue weighted by molar-refractivity contribution is -0.149. The van der Waals surface area contributed by atoms with Crippen molar-refractivity contribution in [3.8, 4) is 0 Å². The average molecular weight is 240 g/mol. The second kappa shape index (κ2) is 5.94. The number of ether oxygens (including phenoxy) is 1. The Kier molecular flexibility index (Phi) is 4.85. The maximum atomic E-state index is 12.2. The predicted molar refractivity (Wildman–Crippen MR) is 62.4 cm³/mol. The Morgan fingerprint density at radius 2 is 2.29 bits per heavy atom. The van der Waals surface area contributed by atoms with Crippen LogP contribution in [0.25, 0.3) is 0 Å². The van der Waals surface area contributed by atoms with Crippen LogP contribution in [-0.4, -0.2) is 25.1 Å². The largest absolute Gasteiger partial charge is 0.469 e. The highest BCUT2D eigenvalue weighted by Crippen LogP contribution is 2.42. The van der Waals surface area contributed by atoms with Crippen molar-refractivity contribution in [2.24, 2.45) is 11.3 Å². The van der Waals surface area contributed by atoms with Gasteiger partial charge in [-0.05, 0) is 25.2 Å². The van der Waals surface area contributed by atoms with Crippen LogP contribution in [0.5, 0.6) is 0 Å². The predicted octanol–water partition coefficient (Wildman–Crippen LogP) is 1.90. The summed E-state index contributed by atoms with van der Waals surface area (Å²) in [4.78, 5) is 34.0. The number of ketones is 1. The van der Waals surface area contributed by atoms with Gasteiger partial charge in [-0.3, -0.25) is 9.59 Å². The Morgan fingerprint density at radius 3 is 2.76 bits per heavy atom. The van der Waals surface area contributed by atoms with E-state index < -0.39 is 5.41 Å². The normalized spacial score (nSPS) is 28.8. The van der Waals surface area contributed by atoms with Gasteiger partial charge in [0.15, 0.2) is 0 Å². The third-order valence-electron chi connectivity index (χ3n) is 3.91. The molecule has 0 heterocycles. The molecule has 1 fully saturated rings. The van der Waals surface area contributed by atoms with Gasteiger partial charge in [-0.15, -0.1) is 0 Å². The fraction of sp³-hybridized carbons (Fsp3) is 0.769. The number of methoxy groups -OCH3 is 1. The summed E-state index contributed by atoms with van der Waals surface area (Å²) in [5.41, 5.74) is -0.549. The number of Topliss-reactive ketones (excluding diaryl/α,β-unsaturated/α-hetero) is 1. The Hall–Kier alpha value is -1.19. The fourth-order valence-corrected chi connectivity index (χ4v) is 2.57. The molecule has 1 aliphatic rings. The summed E-state index contributed by atoms with van der Waals surface area (Å²) >= 11 is 0. The van der Waals surface area contributed by atoms with Crippen LogP contribution < -0.4 is 0 Å². The molecule has 4 heteroatoms. The van der Waals surface area contributed by atoms with Crippen molar-refractivity contribution in [2.45, 2.75) is 45.4 Å². The molecule has 1 aliphatic carbocycles. The standard InChI is InChI=1S/C13H20O4/c1-3-13(9-12(16)17-2)6-4-10(5-7-14)8-11(13)15/h7,10H,3-6,8-9H2,1-2H3/t10-,13+/m1/s1. The van der Waals surface area contributed by atoms with Crippen molar-refractivity contribution in [3.63, 3.8) is 0 Å². The monoisotopic (exact) mass is 240 g/mol. The second-order valence-corrected chi connectivity index (χ2v) is 4.82. The highest BCUT2D eigenvalue weighted by atomic mass is 16.5. The topological polar surface area (TPSA) is 60.4 Å². The molecule has 17 heavy (non-hydrogen) atoms. The molecule has 0 unspecified atom stereocenters.